The highest BCUT2D eigenvalue weighted by molar-refractivity contribution is 6.02. The molecular formula is C14H16N6O. The van der Waals surface area contributed by atoms with Gasteiger partial charge in [-0.05, 0) is 19.8 Å². The summed E-state index contributed by atoms with van der Waals surface area (Å²) in [6.45, 7) is 3.81. The Morgan fingerprint density at radius 1 is 1.14 bits per heavy atom. The number of aryl methyl sites for hydroxylation is 1. The second-order valence-electron chi connectivity index (χ2n) is 4.95. The summed E-state index contributed by atoms with van der Waals surface area (Å²) in [7, 11) is 0. The van der Waals surface area contributed by atoms with Crippen molar-refractivity contribution < 1.29 is 4.79 Å². The summed E-state index contributed by atoms with van der Waals surface area (Å²) in [5.41, 5.74) is 1.03. The van der Waals surface area contributed by atoms with E-state index in [-0.39, 0.29) is 11.6 Å². The SMILES string of the molecule is Cc1cnc(C(=O)Nc2cc(N3CCCC3)ncn2)cn1. The number of carbonyl (C=O) groups is 1. The van der Waals surface area contributed by atoms with E-state index < -0.39 is 0 Å². The molecule has 0 spiro atoms. The maximum absolute atomic E-state index is 12.1. The van der Waals surface area contributed by atoms with E-state index in [1.54, 1.807) is 12.3 Å². The van der Waals surface area contributed by atoms with Crippen molar-refractivity contribution in [3.8, 4) is 0 Å². The fraction of sp³-hybridized carbons (Fsp3) is 0.357. The van der Waals surface area contributed by atoms with Crippen LogP contribution in [-0.4, -0.2) is 38.9 Å². The first-order chi connectivity index (χ1) is 10.2. The minimum Gasteiger partial charge on any atom is -0.356 e. The van der Waals surface area contributed by atoms with Gasteiger partial charge in [0, 0.05) is 25.4 Å². The number of hydrogen-bond donors (Lipinski definition) is 1. The van der Waals surface area contributed by atoms with Crippen LogP contribution in [0.3, 0.4) is 0 Å². The largest absolute Gasteiger partial charge is 0.356 e. The average molecular weight is 284 g/mol. The maximum Gasteiger partial charge on any atom is 0.277 e. The molecule has 0 saturated carbocycles. The quantitative estimate of drug-likeness (QED) is 0.918. The summed E-state index contributed by atoms with van der Waals surface area (Å²) < 4.78 is 0. The second kappa shape index (κ2) is 5.82. The van der Waals surface area contributed by atoms with Gasteiger partial charge in [-0.3, -0.25) is 9.78 Å². The van der Waals surface area contributed by atoms with Crippen molar-refractivity contribution in [1.82, 2.24) is 19.9 Å². The molecule has 1 amide bonds. The number of anilines is 2. The maximum atomic E-state index is 12.1. The van der Waals surface area contributed by atoms with E-state index in [9.17, 15) is 4.79 Å². The summed E-state index contributed by atoms with van der Waals surface area (Å²) in [6, 6.07) is 1.78. The first-order valence-corrected chi connectivity index (χ1v) is 6.89. The summed E-state index contributed by atoms with van der Waals surface area (Å²) >= 11 is 0. The van der Waals surface area contributed by atoms with Gasteiger partial charge in [-0.2, -0.15) is 0 Å². The van der Waals surface area contributed by atoms with Gasteiger partial charge in [0.25, 0.3) is 5.91 Å². The number of nitrogens with one attached hydrogen (secondary N) is 1. The van der Waals surface area contributed by atoms with Crippen LogP contribution in [0, 0.1) is 6.92 Å². The Kier molecular flexibility index (Phi) is 3.72. The zero-order valence-corrected chi connectivity index (χ0v) is 11.8. The number of carbonyl (C=O) groups excluding carboxylic acids is 1. The molecule has 2 aromatic heterocycles. The topological polar surface area (TPSA) is 83.9 Å². The summed E-state index contributed by atoms with van der Waals surface area (Å²) in [5.74, 6) is 0.987. The van der Waals surface area contributed by atoms with E-state index in [2.05, 4.69) is 30.2 Å². The number of hydrogen-bond acceptors (Lipinski definition) is 6. The van der Waals surface area contributed by atoms with Crippen LogP contribution in [0.2, 0.25) is 0 Å². The van der Waals surface area contributed by atoms with Gasteiger partial charge >= 0.3 is 0 Å². The first kappa shape index (κ1) is 13.4. The highest BCUT2D eigenvalue weighted by Crippen LogP contribution is 2.19. The van der Waals surface area contributed by atoms with Crippen LogP contribution >= 0.6 is 0 Å². The molecule has 1 fully saturated rings. The molecule has 2 aromatic rings. The Bertz CT molecular complexity index is 636. The Hall–Kier alpha value is -2.57. The van der Waals surface area contributed by atoms with Crippen LogP contribution in [0.4, 0.5) is 11.6 Å². The van der Waals surface area contributed by atoms with E-state index in [1.165, 1.54) is 25.4 Å². The van der Waals surface area contributed by atoms with E-state index in [0.29, 0.717) is 5.82 Å². The lowest BCUT2D eigenvalue weighted by Crippen LogP contribution is -2.20. The minimum absolute atomic E-state index is 0.266. The van der Waals surface area contributed by atoms with Crippen LogP contribution in [-0.2, 0) is 0 Å². The summed E-state index contributed by atoms with van der Waals surface area (Å²) in [6.07, 6.45) is 6.82. The molecule has 0 radical (unpaired) electrons. The molecule has 7 nitrogen and oxygen atoms in total. The van der Waals surface area contributed by atoms with Crippen molar-refractivity contribution in [3.63, 3.8) is 0 Å². The number of aromatic nitrogens is 4. The molecule has 0 unspecified atom stereocenters. The molecule has 1 N–H and O–H groups in total. The Balaban J connectivity index is 1.73. The molecule has 0 aliphatic carbocycles. The Labute approximate surface area is 122 Å². The third-order valence-electron chi connectivity index (χ3n) is 3.34. The number of amides is 1. The molecule has 7 heteroatoms. The second-order valence-corrected chi connectivity index (χ2v) is 4.95. The molecule has 21 heavy (non-hydrogen) atoms. The number of nitrogens with zero attached hydrogens (tertiary/aromatic N) is 5. The predicted octanol–water partition coefficient (Wildman–Crippen LogP) is 1.43. The number of rotatable bonds is 3. The molecule has 0 aromatic carbocycles. The molecular weight excluding hydrogens is 268 g/mol. The van der Waals surface area contributed by atoms with Crippen molar-refractivity contribution in [3.05, 3.63) is 36.2 Å². The third-order valence-corrected chi connectivity index (χ3v) is 3.34. The molecule has 3 heterocycles. The summed E-state index contributed by atoms with van der Waals surface area (Å²) in [5, 5.41) is 2.72. The fourth-order valence-electron chi connectivity index (χ4n) is 2.22. The van der Waals surface area contributed by atoms with E-state index in [4.69, 9.17) is 0 Å². The van der Waals surface area contributed by atoms with Crippen molar-refractivity contribution in [1.29, 1.82) is 0 Å². The Morgan fingerprint density at radius 3 is 2.67 bits per heavy atom. The Morgan fingerprint density at radius 2 is 1.95 bits per heavy atom. The van der Waals surface area contributed by atoms with Crippen LogP contribution < -0.4 is 10.2 Å². The van der Waals surface area contributed by atoms with Crippen LogP contribution in [0.15, 0.2) is 24.8 Å². The first-order valence-electron chi connectivity index (χ1n) is 6.89. The lowest BCUT2D eigenvalue weighted by atomic mass is 10.4. The van der Waals surface area contributed by atoms with Gasteiger partial charge in [-0.25, -0.2) is 15.0 Å². The molecule has 1 aliphatic heterocycles. The van der Waals surface area contributed by atoms with Gasteiger partial charge in [0.05, 0.1) is 11.9 Å². The van der Waals surface area contributed by atoms with Crippen LogP contribution in [0.25, 0.3) is 0 Å². The molecule has 3 rings (SSSR count). The van der Waals surface area contributed by atoms with E-state index in [0.717, 1.165) is 24.6 Å². The monoisotopic (exact) mass is 284 g/mol. The third kappa shape index (κ3) is 3.13. The van der Waals surface area contributed by atoms with E-state index >= 15 is 0 Å². The van der Waals surface area contributed by atoms with Crippen molar-refractivity contribution in [2.24, 2.45) is 0 Å². The van der Waals surface area contributed by atoms with Gasteiger partial charge in [-0.1, -0.05) is 0 Å². The van der Waals surface area contributed by atoms with Crippen molar-refractivity contribution >= 4 is 17.5 Å². The summed E-state index contributed by atoms with van der Waals surface area (Å²) in [4.78, 5) is 30.7. The minimum atomic E-state index is -0.325. The standard InChI is InChI=1S/C14H16N6O/c1-10-7-16-11(8-15-10)14(21)19-12-6-13(18-9-17-12)20-4-2-3-5-20/h6-9H,2-5H2,1H3,(H,17,18,19,21). The lowest BCUT2D eigenvalue weighted by Gasteiger charge is -2.16. The predicted molar refractivity (Wildman–Crippen MR) is 78.2 cm³/mol. The smallest absolute Gasteiger partial charge is 0.277 e. The van der Waals surface area contributed by atoms with Crippen molar-refractivity contribution in [2.45, 2.75) is 19.8 Å². The van der Waals surface area contributed by atoms with Gasteiger partial charge < -0.3 is 10.2 Å². The van der Waals surface area contributed by atoms with Gasteiger partial charge in [-0.15, -0.1) is 0 Å². The fourth-order valence-corrected chi connectivity index (χ4v) is 2.22. The zero-order valence-electron chi connectivity index (χ0n) is 11.8. The molecule has 0 atom stereocenters. The van der Waals surface area contributed by atoms with E-state index in [1.807, 2.05) is 6.92 Å². The molecule has 108 valence electrons. The molecule has 1 saturated heterocycles. The highest BCUT2D eigenvalue weighted by atomic mass is 16.1. The van der Waals surface area contributed by atoms with Gasteiger partial charge in [0.1, 0.15) is 23.7 Å². The van der Waals surface area contributed by atoms with Gasteiger partial charge in [0.15, 0.2) is 0 Å². The van der Waals surface area contributed by atoms with Crippen LogP contribution in [0.1, 0.15) is 29.0 Å². The van der Waals surface area contributed by atoms with Crippen molar-refractivity contribution in [2.75, 3.05) is 23.3 Å². The van der Waals surface area contributed by atoms with Gasteiger partial charge in [0.2, 0.25) is 0 Å². The zero-order chi connectivity index (χ0) is 14.7. The molecule has 0 bridgehead atoms. The highest BCUT2D eigenvalue weighted by Gasteiger charge is 2.15. The molecule has 1 aliphatic rings. The normalized spacial score (nSPS) is 14.2. The van der Waals surface area contributed by atoms with Crippen LogP contribution in [0.5, 0.6) is 0 Å². The average Bonchev–Trinajstić information content (AvgIpc) is 3.02. The lowest BCUT2D eigenvalue weighted by molar-refractivity contribution is 0.102.